The molecule has 8 heteroatoms. The minimum atomic E-state index is 0.0397. The van der Waals surface area contributed by atoms with Crippen molar-refractivity contribution in [3.05, 3.63) is 76.3 Å². The molecule has 0 aliphatic carbocycles. The molecule has 35 heavy (non-hydrogen) atoms. The van der Waals surface area contributed by atoms with Gasteiger partial charge in [-0.1, -0.05) is 12.1 Å². The zero-order valence-corrected chi connectivity index (χ0v) is 20.9. The van der Waals surface area contributed by atoms with Crippen molar-refractivity contribution in [2.45, 2.75) is 13.8 Å². The molecule has 0 bridgehead atoms. The fraction of sp³-hybridized carbons (Fsp3) is 0.259. The molecule has 7 nitrogen and oxygen atoms in total. The van der Waals surface area contributed by atoms with Gasteiger partial charge in [-0.3, -0.25) is 4.79 Å². The molecule has 0 saturated carbocycles. The number of nitrogens with one attached hydrogen (secondary N) is 2. The first-order valence-corrected chi connectivity index (χ1v) is 12.5. The van der Waals surface area contributed by atoms with Crippen molar-refractivity contribution in [3.8, 4) is 0 Å². The standard InChI is InChI=1S/C27H28N6OS/c1-17-6-8-19-22(15-17)31-16-32-26(19)29-12-14-33(3)13-11-28-21-9-7-18(2)25-23(21)24(34)20-5-4-10-30-27(20)35-25/h4-10,15-16,28H,11-14H2,1-3H3,(H,29,31,32). The summed E-state index contributed by atoms with van der Waals surface area (Å²) in [4.78, 5) is 29.5. The van der Waals surface area contributed by atoms with Crippen LogP contribution >= 0.6 is 11.3 Å². The van der Waals surface area contributed by atoms with Crippen molar-refractivity contribution in [1.82, 2.24) is 19.9 Å². The van der Waals surface area contributed by atoms with E-state index in [4.69, 9.17) is 0 Å². The highest BCUT2D eigenvalue weighted by atomic mass is 32.1. The second-order valence-corrected chi connectivity index (χ2v) is 9.82. The fourth-order valence-corrected chi connectivity index (χ4v) is 5.35. The van der Waals surface area contributed by atoms with Gasteiger partial charge in [0.15, 0.2) is 5.43 Å². The predicted octanol–water partition coefficient (Wildman–Crippen LogP) is 4.83. The van der Waals surface area contributed by atoms with E-state index in [2.05, 4.69) is 68.7 Å². The monoisotopic (exact) mass is 484 g/mol. The maximum Gasteiger partial charge on any atom is 0.199 e. The summed E-state index contributed by atoms with van der Waals surface area (Å²) in [6.45, 7) is 7.32. The van der Waals surface area contributed by atoms with Gasteiger partial charge in [0.05, 0.1) is 16.3 Å². The van der Waals surface area contributed by atoms with Gasteiger partial charge >= 0.3 is 0 Å². The Morgan fingerprint density at radius 2 is 1.77 bits per heavy atom. The number of rotatable bonds is 8. The van der Waals surface area contributed by atoms with Gasteiger partial charge in [-0.2, -0.15) is 0 Å². The lowest BCUT2D eigenvalue weighted by Crippen LogP contribution is -2.30. The quantitative estimate of drug-likeness (QED) is 0.305. The van der Waals surface area contributed by atoms with Crippen LogP contribution in [-0.2, 0) is 0 Å². The molecule has 0 saturated heterocycles. The highest BCUT2D eigenvalue weighted by Gasteiger charge is 2.13. The third kappa shape index (κ3) is 4.80. The number of hydrogen-bond donors (Lipinski definition) is 2. The summed E-state index contributed by atoms with van der Waals surface area (Å²) in [6, 6.07) is 14.0. The Bertz CT molecular complexity index is 1580. The van der Waals surface area contributed by atoms with Crippen LogP contribution < -0.4 is 16.1 Å². The van der Waals surface area contributed by atoms with Gasteiger partial charge in [-0.25, -0.2) is 15.0 Å². The Morgan fingerprint density at radius 3 is 2.63 bits per heavy atom. The topological polar surface area (TPSA) is 83.0 Å². The third-order valence-corrected chi connectivity index (χ3v) is 7.43. The molecule has 0 unspecified atom stereocenters. The molecule has 0 aliphatic heterocycles. The lowest BCUT2D eigenvalue weighted by Gasteiger charge is -2.19. The van der Waals surface area contributed by atoms with E-state index in [0.717, 1.165) is 69.1 Å². The Labute approximate surface area is 207 Å². The van der Waals surface area contributed by atoms with Crippen LogP contribution in [-0.4, -0.2) is 53.1 Å². The summed E-state index contributed by atoms with van der Waals surface area (Å²) in [6.07, 6.45) is 3.34. The molecule has 0 atom stereocenters. The first-order chi connectivity index (χ1) is 17.0. The van der Waals surface area contributed by atoms with Crippen LogP contribution in [0.1, 0.15) is 11.1 Å². The van der Waals surface area contributed by atoms with E-state index in [-0.39, 0.29) is 5.43 Å². The number of aryl methyl sites for hydroxylation is 2. The van der Waals surface area contributed by atoms with Gasteiger partial charge in [0.2, 0.25) is 0 Å². The molecular formula is C27H28N6OS. The highest BCUT2D eigenvalue weighted by molar-refractivity contribution is 7.24. The summed E-state index contributed by atoms with van der Waals surface area (Å²) >= 11 is 1.58. The molecule has 2 N–H and O–H groups in total. The third-order valence-electron chi connectivity index (χ3n) is 6.18. The number of hydrogen-bond acceptors (Lipinski definition) is 8. The molecule has 0 fully saturated rings. The molecule has 0 amide bonds. The molecule has 0 radical (unpaired) electrons. The summed E-state index contributed by atoms with van der Waals surface area (Å²) in [5.74, 6) is 0.860. The fourth-order valence-electron chi connectivity index (χ4n) is 4.23. The maximum absolute atomic E-state index is 13.2. The Morgan fingerprint density at radius 1 is 0.943 bits per heavy atom. The van der Waals surface area contributed by atoms with Crippen molar-refractivity contribution < 1.29 is 0 Å². The van der Waals surface area contributed by atoms with Gasteiger partial charge in [0, 0.05) is 48.1 Å². The average molecular weight is 485 g/mol. The van der Waals surface area contributed by atoms with E-state index in [0.29, 0.717) is 5.39 Å². The maximum atomic E-state index is 13.2. The molecular weight excluding hydrogens is 456 g/mol. The van der Waals surface area contributed by atoms with Crippen molar-refractivity contribution in [2.24, 2.45) is 0 Å². The lowest BCUT2D eigenvalue weighted by atomic mass is 10.1. The number of benzene rings is 2. The second kappa shape index (κ2) is 9.93. The lowest BCUT2D eigenvalue weighted by molar-refractivity contribution is 0.361. The van der Waals surface area contributed by atoms with Crippen molar-refractivity contribution in [3.63, 3.8) is 0 Å². The van der Waals surface area contributed by atoms with E-state index < -0.39 is 0 Å². The summed E-state index contributed by atoms with van der Waals surface area (Å²) in [5, 5.41) is 9.40. The van der Waals surface area contributed by atoms with Crippen LogP contribution in [0.15, 0.2) is 59.8 Å². The van der Waals surface area contributed by atoms with Crippen LogP contribution in [0.2, 0.25) is 0 Å². The van der Waals surface area contributed by atoms with Crippen molar-refractivity contribution in [1.29, 1.82) is 0 Å². The number of aromatic nitrogens is 3. The number of nitrogens with zero attached hydrogens (tertiary/aromatic N) is 4. The largest absolute Gasteiger partial charge is 0.383 e. The van der Waals surface area contributed by atoms with E-state index in [1.165, 1.54) is 5.56 Å². The van der Waals surface area contributed by atoms with Crippen LogP contribution in [0.4, 0.5) is 11.5 Å². The van der Waals surface area contributed by atoms with E-state index in [9.17, 15) is 4.79 Å². The minimum Gasteiger partial charge on any atom is -0.383 e. The van der Waals surface area contributed by atoms with E-state index in [1.54, 1.807) is 23.9 Å². The Kier molecular flexibility index (Phi) is 6.57. The molecule has 2 aromatic carbocycles. The summed E-state index contributed by atoms with van der Waals surface area (Å²) in [5.41, 5.74) is 4.15. The van der Waals surface area contributed by atoms with Crippen molar-refractivity contribution >= 4 is 54.0 Å². The Balaban J connectivity index is 1.22. The van der Waals surface area contributed by atoms with Crippen LogP contribution in [0.25, 0.3) is 31.2 Å². The van der Waals surface area contributed by atoms with Gasteiger partial charge in [0.1, 0.15) is 17.0 Å². The normalized spacial score (nSPS) is 11.5. The number of pyridine rings is 1. The number of anilines is 2. The SMILES string of the molecule is Cc1ccc2c(NCCN(C)CCNc3ccc(C)c4sc5ncccc5c(=O)c34)ncnc2c1. The van der Waals surface area contributed by atoms with Crippen LogP contribution in [0.3, 0.4) is 0 Å². The van der Waals surface area contributed by atoms with Gasteiger partial charge in [-0.15, -0.1) is 11.3 Å². The number of fused-ring (bicyclic) bond motifs is 3. The first-order valence-electron chi connectivity index (χ1n) is 11.7. The summed E-state index contributed by atoms with van der Waals surface area (Å²) in [7, 11) is 2.10. The second-order valence-electron chi connectivity index (χ2n) is 8.82. The van der Waals surface area contributed by atoms with Crippen molar-refractivity contribution in [2.75, 3.05) is 43.9 Å². The minimum absolute atomic E-state index is 0.0397. The first kappa shape index (κ1) is 23.1. The van der Waals surface area contributed by atoms with Crippen LogP contribution in [0.5, 0.6) is 0 Å². The molecule has 5 aromatic rings. The van der Waals surface area contributed by atoms with E-state index >= 15 is 0 Å². The van der Waals surface area contributed by atoms with E-state index in [1.807, 2.05) is 25.1 Å². The van der Waals surface area contributed by atoms with Gasteiger partial charge in [0.25, 0.3) is 0 Å². The molecule has 178 valence electrons. The Hall–Kier alpha value is -3.62. The molecule has 3 heterocycles. The summed E-state index contributed by atoms with van der Waals surface area (Å²) < 4.78 is 0.996. The van der Waals surface area contributed by atoms with Gasteiger partial charge < -0.3 is 15.5 Å². The highest BCUT2D eigenvalue weighted by Crippen LogP contribution is 2.30. The predicted molar refractivity (Wildman–Crippen MR) is 147 cm³/mol. The molecule has 0 spiro atoms. The molecule has 5 rings (SSSR count). The van der Waals surface area contributed by atoms with Crippen LogP contribution in [0, 0.1) is 13.8 Å². The number of likely N-dealkylation sites (N-methyl/N-ethyl adjacent to an activating group) is 1. The molecule has 0 aliphatic rings. The average Bonchev–Trinajstić information content (AvgIpc) is 2.85. The van der Waals surface area contributed by atoms with Gasteiger partial charge in [-0.05, 0) is 62.4 Å². The molecule has 3 aromatic heterocycles. The zero-order chi connectivity index (χ0) is 24.4. The smallest absolute Gasteiger partial charge is 0.199 e. The zero-order valence-electron chi connectivity index (χ0n) is 20.1.